The van der Waals surface area contributed by atoms with E-state index in [-0.39, 0.29) is 15.6 Å². The van der Waals surface area contributed by atoms with Crippen LogP contribution >= 0.6 is 11.6 Å². The lowest BCUT2D eigenvalue weighted by molar-refractivity contribution is 0.509. The number of nitrogens with two attached hydrogens (primary N) is 1. The average Bonchev–Trinajstić information content (AvgIpc) is 2.33. The molecular weight excluding hydrogens is 310 g/mol. The Balaban J connectivity index is 2.38. The first-order valence-electron chi connectivity index (χ1n) is 5.32. The molecule has 0 saturated heterocycles. The Morgan fingerprint density at radius 2 is 1.75 bits per heavy atom. The van der Waals surface area contributed by atoms with E-state index in [1.165, 1.54) is 18.2 Å². The molecular formula is C12H9ClF2N2O2S. The molecule has 3 N–H and O–H groups in total. The highest BCUT2D eigenvalue weighted by Gasteiger charge is 2.18. The van der Waals surface area contributed by atoms with Gasteiger partial charge in [0, 0.05) is 11.8 Å². The van der Waals surface area contributed by atoms with Crippen molar-refractivity contribution in [3.05, 3.63) is 53.1 Å². The Kier molecular flexibility index (Phi) is 3.82. The van der Waals surface area contributed by atoms with Crippen molar-refractivity contribution in [3.63, 3.8) is 0 Å². The molecule has 0 aromatic heterocycles. The lowest BCUT2D eigenvalue weighted by Crippen LogP contribution is -2.13. The topological polar surface area (TPSA) is 72.2 Å². The van der Waals surface area contributed by atoms with Crippen LogP contribution in [-0.2, 0) is 10.0 Å². The van der Waals surface area contributed by atoms with E-state index in [1.807, 2.05) is 0 Å². The van der Waals surface area contributed by atoms with Crippen LogP contribution in [-0.4, -0.2) is 8.42 Å². The van der Waals surface area contributed by atoms with Gasteiger partial charge in [0.1, 0.15) is 4.90 Å². The van der Waals surface area contributed by atoms with Gasteiger partial charge < -0.3 is 5.73 Å². The van der Waals surface area contributed by atoms with Gasteiger partial charge in [0.15, 0.2) is 11.6 Å². The first-order valence-corrected chi connectivity index (χ1v) is 7.18. The highest BCUT2D eigenvalue weighted by atomic mass is 35.5. The summed E-state index contributed by atoms with van der Waals surface area (Å²) in [7, 11) is -4.02. The summed E-state index contributed by atoms with van der Waals surface area (Å²) in [5.74, 6) is -2.23. The average molecular weight is 319 g/mol. The second-order valence-electron chi connectivity index (χ2n) is 3.92. The van der Waals surface area contributed by atoms with E-state index >= 15 is 0 Å². The van der Waals surface area contributed by atoms with Crippen LogP contribution < -0.4 is 10.5 Å². The van der Waals surface area contributed by atoms with E-state index in [0.717, 1.165) is 18.2 Å². The van der Waals surface area contributed by atoms with Crippen LogP contribution in [0.5, 0.6) is 0 Å². The predicted octanol–water partition coefficient (Wildman–Crippen LogP) is 3.00. The summed E-state index contributed by atoms with van der Waals surface area (Å²) < 4.78 is 52.1. The van der Waals surface area contributed by atoms with E-state index in [2.05, 4.69) is 4.72 Å². The molecule has 0 aliphatic carbocycles. The van der Waals surface area contributed by atoms with Gasteiger partial charge in [-0.15, -0.1) is 0 Å². The molecule has 0 amide bonds. The summed E-state index contributed by atoms with van der Waals surface area (Å²) in [5.41, 5.74) is 5.66. The van der Waals surface area contributed by atoms with Crippen LogP contribution in [0.4, 0.5) is 20.2 Å². The van der Waals surface area contributed by atoms with Crippen LogP contribution in [0.2, 0.25) is 5.02 Å². The molecule has 0 unspecified atom stereocenters. The highest BCUT2D eigenvalue weighted by Crippen LogP contribution is 2.26. The molecule has 0 atom stereocenters. The number of nitrogen functional groups attached to an aromatic ring is 1. The number of hydrogen-bond donors (Lipinski definition) is 2. The number of benzene rings is 2. The standard InChI is InChI=1S/C12H9ClF2N2O2S/c13-9-5-7(16)1-4-12(9)20(18,19)17-8-2-3-10(14)11(15)6-8/h1-6,17H,16H2. The molecule has 0 bridgehead atoms. The van der Waals surface area contributed by atoms with E-state index in [0.29, 0.717) is 5.69 Å². The van der Waals surface area contributed by atoms with Gasteiger partial charge in [0.25, 0.3) is 10.0 Å². The molecule has 0 saturated carbocycles. The van der Waals surface area contributed by atoms with Gasteiger partial charge in [-0.05, 0) is 30.3 Å². The molecule has 106 valence electrons. The summed E-state index contributed by atoms with van der Waals surface area (Å²) in [6, 6.07) is 6.52. The number of halogens is 3. The Hall–Kier alpha value is -1.86. The fourth-order valence-corrected chi connectivity index (χ4v) is 3.11. The quantitative estimate of drug-likeness (QED) is 0.854. The van der Waals surface area contributed by atoms with Gasteiger partial charge in [-0.25, -0.2) is 17.2 Å². The first kappa shape index (κ1) is 14.5. The zero-order chi connectivity index (χ0) is 14.9. The molecule has 0 radical (unpaired) electrons. The van der Waals surface area contributed by atoms with Gasteiger partial charge in [0.05, 0.1) is 10.7 Å². The number of anilines is 2. The van der Waals surface area contributed by atoms with Crippen molar-refractivity contribution in [1.82, 2.24) is 0 Å². The lowest BCUT2D eigenvalue weighted by atomic mass is 10.3. The van der Waals surface area contributed by atoms with Crippen molar-refractivity contribution in [2.24, 2.45) is 0 Å². The second kappa shape index (κ2) is 5.26. The Labute approximate surface area is 119 Å². The van der Waals surface area contributed by atoms with E-state index in [1.54, 1.807) is 0 Å². The summed E-state index contributed by atoms with van der Waals surface area (Å²) in [5, 5.41) is -0.0694. The maximum atomic E-state index is 13.0. The smallest absolute Gasteiger partial charge is 0.263 e. The number of hydrogen-bond acceptors (Lipinski definition) is 3. The zero-order valence-electron chi connectivity index (χ0n) is 9.90. The summed E-state index contributed by atoms with van der Waals surface area (Å²) in [6.07, 6.45) is 0. The van der Waals surface area contributed by atoms with E-state index in [4.69, 9.17) is 17.3 Å². The van der Waals surface area contributed by atoms with Crippen LogP contribution in [0.15, 0.2) is 41.3 Å². The minimum atomic E-state index is -4.02. The maximum Gasteiger partial charge on any atom is 0.263 e. The van der Waals surface area contributed by atoms with Crippen LogP contribution in [0.1, 0.15) is 0 Å². The predicted molar refractivity (Wildman–Crippen MR) is 73.0 cm³/mol. The van der Waals surface area contributed by atoms with Gasteiger partial charge in [0.2, 0.25) is 0 Å². The minimum Gasteiger partial charge on any atom is -0.399 e. The van der Waals surface area contributed by atoms with E-state index < -0.39 is 21.7 Å². The summed E-state index contributed by atoms with van der Waals surface area (Å²) in [4.78, 5) is -0.210. The third kappa shape index (κ3) is 3.00. The number of nitrogens with one attached hydrogen (secondary N) is 1. The van der Waals surface area contributed by atoms with E-state index in [9.17, 15) is 17.2 Å². The summed E-state index contributed by atoms with van der Waals surface area (Å²) >= 11 is 5.80. The van der Waals surface area contributed by atoms with Gasteiger partial charge in [-0.2, -0.15) is 0 Å². The fraction of sp³-hybridized carbons (Fsp3) is 0. The number of rotatable bonds is 3. The Morgan fingerprint density at radius 1 is 1.05 bits per heavy atom. The largest absolute Gasteiger partial charge is 0.399 e. The monoisotopic (exact) mass is 318 g/mol. The van der Waals surface area contributed by atoms with Gasteiger partial charge in [-0.3, -0.25) is 4.72 Å². The molecule has 2 rings (SSSR count). The highest BCUT2D eigenvalue weighted by molar-refractivity contribution is 7.92. The third-order valence-electron chi connectivity index (χ3n) is 2.42. The normalized spacial score (nSPS) is 11.3. The zero-order valence-corrected chi connectivity index (χ0v) is 11.5. The molecule has 0 fully saturated rings. The van der Waals surface area contributed by atoms with Crippen molar-refractivity contribution >= 4 is 33.0 Å². The SMILES string of the molecule is Nc1ccc(S(=O)(=O)Nc2ccc(F)c(F)c2)c(Cl)c1. The lowest BCUT2D eigenvalue weighted by Gasteiger charge is -2.10. The molecule has 2 aromatic rings. The van der Waals surface area contributed by atoms with Gasteiger partial charge in [-0.1, -0.05) is 11.6 Å². The minimum absolute atomic E-state index is 0.0694. The molecule has 0 heterocycles. The maximum absolute atomic E-state index is 13.0. The van der Waals surface area contributed by atoms with Crippen LogP contribution in [0, 0.1) is 11.6 Å². The Bertz CT molecular complexity index is 766. The molecule has 0 aliphatic rings. The molecule has 8 heteroatoms. The number of sulfonamides is 1. The van der Waals surface area contributed by atoms with Crippen molar-refractivity contribution in [3.8, 4) is 0 Å². The van der Waals surface area contributed by atoms with Crippen molar-refractivity contribution in [1.29, 1.82) is 0 Å². The molecule has 4 nitrogen and oxygen atoms in total. The first-order chi connectivity index (χ1) is 9.29. The third-order valence-corrected chi connectivity index (χ3v) is 4.28. The second-order valence-corrected chi connectivity index (χ2v) is 5.98. The molecule has 0 spiro atoms. The van der Waals surface area contributed by atoms with Crippen molar-refractivity contribution in [2.75, 3.05) is 10.5 Å². The molecule has 0 aliphatic heterocycles. The summed E-state index contributed by atoms with van der Waals surface area (Å²) in [6.45, 7) is 0. The molecule has 20 heavy (non-hydrogen) atoms. The molecule has 2 aromatic carbocycles. The van der Waals surface area contributed by atoms with Crippen LogP contribution in [0.3, 0.4) is 0 Å². The van der Waals surface area contributed by atoms with Crippen molar-refractivity contribution < 1.29 is 17.2 Å². The van der Waals surface area contributed by atoms with Crippen LogP contribution in [0.25, 0.3) is 0 Å². The Morgan fingerprint density at radius 3 is 2.35 bits per heavy atom. The van der Waals surface area contributed by atoms with Crippen molar-refractivity contribution in [2.45, 2.75) is 4.90 Å². The fourth-order valence-electron chi connectivity index (χ4n) is 1.50. The van der Waals surface area contributed by atoms with Gasteiger partial charge >= 0.3 is 0 Å².